The number of methoxy groups -OCH3 is 1. The average Bonchev–Trinajstić information content (AvgIpc) is 3.44. The molecule has 8 heteroatoms. The van der Waals surface area contributed by atoms with E-state index < -0.39 is 0 Å². The van der Waals surface area contributed by atoms with E-state index in [4.69, 9.17) is 4.74 Å². The second-order valence-corrected chi connectivity index (χ2v) is 7.38. The molecule has 1 saturated heterocycles. The van der Waals surface area contributed by atoms with Crippen molar-refractivity contribution in [3.63, 3.8) is 0 Å². The molecule has 0 spiro atoms. The number of thiazole rings is 1. The van der Waals surface area contributed by atoms with E-state index in [9.17, 15) is 4.79 Å². The van der Waals surface area contributed by atoms with Gasteiger partial charge >= 0.3 is 0 Å². The Bertz CT molecular complexity index is 934. The third kappa shape index (κ3) is 4.12. The fourth-order valence-electron chi connectivity index (χ4n) is 3.08. The molecule has 4 rings (SSSR count). The van der Waals surface area contributed by atoms with Crippen molar-refractivity contribution < 1.29 is 9.53 Å². The summed E-state index contributed by atoms with van der Waals surface area (Å²) >= 11 is 1.54. The molecule has 1 fully saturated rings. The molecule has 0 saturated carbocycles. The monoisotopic (exact) mass is 395 g/mol. The molecule has 1 amide bonds. The quantitative estimate of drug-likeness (QED) is 0.691. The minimum Gasteiger partial charge on any atom is -0.497 e. The predicted molar refractivity (Wildman–Crippen MR) is 109 cm³/mol. The lowest BCUT2D eigenvalue weighted by atomic mass is 10.2. The molecule has 28 heavy (non-hydrogen) atoms. The molecular formula is C20H21N5O2S. The molecule has 7 nitrogen and oxygen atoms in total. The predicted octanol–water partition coefficient (Wildman–Crippen LogP) is 3.14. The van der Waals surface area contributed by atoms with Crippen LogP contribution >= 0.6 is 11.3 Å². The number of aromatic nitrogens is 3. The van der Waals surface area contributed by atoms with Gasteiger partial charge in [-0.3, -0.25) is 4.79 Å². The summed E-state index contributed by atoms with van der Waals surface area (Å²) in [5, 5.41) is 14.0. The first-order valence-corrected chi connectivity index (χ1v) is 10.1. The Balaban J connectivity index is 1.35. The van der Waals surface area contributed by atoms with Gasteiger partial charge < -0.3 is 15.0 Å². The molecule has 1 aliphatic rings. The van der Waals surface area contributed by atoms with Crippen LogP contribution in [-0.2, 0) is 6.54 Å². The van der Waals surface area contributed by atoms with Gasteiger partial charge in [0.05, 0.1) is 19.3 Å². The number of rotatable bonds is 6. The molecular weight excluding hydrogens is 374 g/mol. The van der Waals surface area contributed by atoms with Crippen molar-refractivity contribution in [2.75, 3.05) is 25.1 Å². The topological polar surface area (TPSA) is 80.2 Å². The Hall–Kier alpha value is -3.00. The number of hydrogen-bond donors (Lipinski definition) is 1. The van der Waals surface area contributed by atoms with E-state index in [2.05, 4.69) is 25.4 Å². The molecule has 3 aromatic rings. The Morgan fingerprint density at radius 3 is 2.61 bits per heavy atom. The molecule has 1 aliphatic heterocycles. The van der Waals surface area contributed by atoms with Crippen molar-refractivity contribution in [1.82, 2.24) is 20.5 Å². The van der Waals surface area contributed by atoms with Crippen molar-refractivity contribution in [3.05, 3.63) is 53.2 Å². The minimum absolute atomic E-state index is 0.250. The number of hydrogen-bond acceptors (Lipinski definition) is 7. The van der Waals surface area contributed by atoms with Crippen molar-refractivity contribution in [2.45, 2.75) is 19.4 Å². The van der Waals surface area contributed by atoms with Crippen LogP contribution in [0.3, 0.4) is 0 Å². The first-order chi connectivity index (χ1) is 13.7. The van der Waals surface area contributed by atoms with Gasteiger partial charge in [-0.1, -0.05) is 0 Å². The summed E-state index contributed by atoms with van der Waals surface area (Å²) in [6.07, 6.45) is 2.35. The number of nitrogens with one attached hydrogen (secondary N) is 1. The first kappa shape index (κ1) is 18.4. The smallest absolute Gasteiger partial charge is 0.272 e. The molecule has 0 bridgehead atoms. The number of amides is 1. The maximum atomic E-state index is 12.3. The van der Waals surface area contributed by atoms with Gasteiger partial charge in [-0.2, -0.15) is 0 Å². The molecule has 0 atom stereocenters. The molecule has 3 heterocycles. The van der Waals surface area contributed by atoms with Gasteiger partial charge in [0, 0.05) is 24.0 Å². The Labute approximate surface area is 167 Å². The summed E-state index contributed by atoms with van der Waals surface area (Å²) in [6.45, 7) is 2.35. The van der Waals surface area contributed by atoms with Gasteiger partial charge in [-0.15, -0.1) is 21.5 Å². The summed E-state index contributed by atoms with van der Waals surface area (Å²) < 4.78 is 5.18. The SMILES string of the molecule is COc1ccc(-c2nc(CNC(=O)c3ccc(N4CCCC4)nn3)cs2)cc1. The Morgan fingerprint density at radius 1 is 1.14 bits per heavy atom. The van der Waals surface area contributed by atoms with Gasteiger partial charge in [0.15, 0.2) is 11.5 Å². The van der Waals surface area contributed by atoms with Gasteiger partial charge in [-0.25, -0.2) is 4.98 Å². The van der Waals surface area contributed by atoms with Gasteiger partial charge in [-0.05, 0) is 49.2 Å². The highest BCUT2D eigenvalue weighted by Crippen LogP contribution is 2.25. The second kappa shape index (κ2) is 8.35. The average molecular weight is 395 g/mol. The van der Waals surface area contributed by atoms with E-state index in [1.54, 1.807) is 24.5 Å². The molecule has 0 unspecified atom stereocenters. The highest BCUT2D eigenvalue weighted by atomic mass is 32.1. The van der Waals surface area contributed by atoms with E-state index >= 15 is 0 Å². The fourth-order valence-corrected chi connectivity index (χ4v) is 3.90. The zero-order valence-electron chi connectivity index (χ0n) is 15.6. The molecule has 1 N–H and O–H groups in total. The Kier molecular flexibility index (Phi) is 5.48. The van der Waals surface area contributed by atoms with E-state index in [1.807, 2.05) is 35.7 Å². The van der Waals surface area contributed by atoms with Crippen LogP contribution in [0.25, 0.3) is 10.6 Å². The minimum atomic E-state index is -0.250. The van der Waals surface area contributed by atoms with Crippen molar-refractivity contribution >= 4 is 23.1 Å². The molecule has 1 aromatic carbocycles. The van der Waals surface area contributed by atoms with E-state index in [0.29, 0.717) is 12.2 Å². The zero-order chi connectivity index (χ0) is 19.3. The van der Waals surface area contributed by atoms with Gasteiger partial charge in [0.25, 0.3) is 5.91 Å². The molecule has 0 radical (unpaired) electrons. The fraction of sp³-hybridized carbons (Fsp3) is 0.300. The third-order valence-electron chi connectivity index (χ3n) is 4.63. The number of ether oxygens (including phenoxy) is 1. The molecule has 144 valence electrons. The summed E-state index contributed by atoms with van der Waals surface area (Å²) in [4.78, 5) is 19.1. The van der Waals surface area contributed by atoms with Crippen LogP contribution in [0.4, 0.5) is 5.82 Å². The van der Waals surface area contributed by atoms with E-state index in [-0.39, 0.29) is 5.91 Å². The summed E-state index contributed by atoms with van der Waals surface area (Å²) in [5.41, 5.74) is 2.14. The van der Waals surface area contributed by atoms with Crippen LogP contribution < -0.4 is 15.0 Å². The van der Waals surface area contributed by atoms with Crippen LogP contribution in [0.1, 0.15) is 29.0 Å². The van der Waals surface area contributed by atoms with Crippen LogP contribution in [0, 0.1) is 0 Å². The van der Waals surface area contributed by atoms with Gasteiger partial charge in [0.1, 0.15) is 10.8 Å². The molecule has 2 aromatic heterocycles. The van der Waals surface area contributed by atoms with E-state index in [1.165, 1.54) is 12.8 Å². The standard InChI is InChI=1S/C20H21N5O2S/c1-27-16-6-4-14(5-7-16)20-22-15(13-28-20)12-21-19(26)17-8-9-18(24-23-17)25-10-2-3-11-25/h4-9,13H,2-3,10-12H2,1H3,(H,21,26). The van der Waals surface area contributed by atoms with Crippen molar-refractivity contribution in [3.8, 4) is 16.3 Å². The highest BCUT2D eigenvalue weighted by Gasteiger charge is 2.15. The van der Waals surface area contributed by atoms with Gasteiger partial charge in [0.2, 0.25) is 0 Å². The number of nitrogens with zero attached hydrogens (tertiary/aromatic N) is 4. The lowest BCUT2D eigenvalue weighted by Gasteiger charge is -2.15. The molecule has 0 aliphatic carbocycles. The number of benzene rings is 1. The zero-order valence-corrected chi connectivity index (χ0v) is 16.4. The van der Waals surface area contributed by atoms with Crippen LogP contribution in [0.15, 0.2) is 41.8 Å². The van der Waals surface area contributed by atoms with E-state index in [0.717, 1.165) is 40.9 Å². The van der Waals surface area contributed by atoms with Crippen molar-refractivity contribution in [1.29, 1.82) is 0 Å². The number of carbonyl (C=O) groups excluding carboxylic acids is 1. The summed E-state index contributed by atoms with van der Waals surface area (Å²) in [7, 11) is 1.64. The summed E-state index contributed by atoms with van der Waals surface area (Å²) in [5.74, 6) is 1.39. The Morgan fingerprint density at radius 2 is 1.93 bits per heavy atom. The van der Waals surface area contributed by atoms with Crippen LogP contribution in [0.5, 0.6) is 5.75 Å². The lowest BCUT2D eigenvalue weighted by molar-refractivity contribution is 0.0944. The van der Waals surface area contributed by atoms with Crippen LogP contribution in [-0.4, -0.2) is 41.3 Å². The largest absolute Gasteiger partial charge is 0.497 e. The second-order valence-electron chi connectivity index (χ2n) is 6.53. The number of anilines is 1. The van der Waals surface area contributed by atoms with Crippen LogP contribution in [0.2, 0.25) is 0 Å². The maximum Gasteiger partial charge on any atom is 0.272 e. The number of carbonyl (C=O) groups is 1. The maximum absolute atomic E-state index is 12.3. The third-order valence-corrected chi connectivity index (χ3v) is 5.57. The summed E-state index contributed by atoms with van der Waals surface area (Å²) in [6, 6.07) is 11.3. The normalized spacial score (nSPS) is 13.5. The first-order valence-electron chi connectivity index (χ1n) is 9.18. The lowest BCUT2D eigenvalue weighted by Crippen LogP contribution is -2.25. The van der Waals surface area contributed by atoms with Crippen molar-refractivity contribution in [2.24, 2.45) is 0 Å². The highest BCUT2D eigenvalue weighted by molar-refractivity contribution is 7.13.